The number of aliphatic hydroxyl groups is 2. The van der Waals surface area contributed by atoms with Crippen molar-refractivity contribution in [3.8, 4) is 0 Å². The van der Waals surface area contributed by atoms with Crippen molar-refractivity contribution in [3.05, 3.63) is 12.2 Å². The van der Waals surface area contributed by atoms with Gasteiger partial charge in [-0.3, -0.25) is 0 Å². The summed E-state index contributed by atoms with van der Waals surface area (Å²) in [4.78, 5) is 0. The highest BCUT2D eigenvalue weighted by molar-refractivity contribution is 5.01. The fourth-order valence-corrected chi connectivity index (χ4v) is 1.74. The van der Waals surface area contributed by atoms with E-state index in [2.05, 4.69) is 0 Å². The molecule has 0 radical (unpaired) electrons. The van der Waals surface area contributed by atoms with Crippen molar-refractivity contribution >= 4 is 0 Å². The van der Waals surface area contributed by atoms with E-state index in [9.17, 15) is 10.2 Å². The molecule has 0 aromatic carbocycles. The molecule has 2 N–H and O–H groups in total. The Hall–Kier alpha value is -0.340. The van der Waals surface area contributed by atoms with Crippen molar-refractivity contribution in [2.75, 3.05) is 0 Å². The van der Waals surface area contributed by atoms with Gasteiger partial charge in [-0.25, -0.2) is 0 Å². The van der Waals surface area contributed by atoms with Crippen LogP contribution < -0.4 is 0 Å². The molecular weight excluding hydrogens is 152 g/mol. The molecule has 0 heterocycles. The lowest BCUT2D eigenvalue weighted by Crippen LogP contribution is -2.34. The van der Waals surface area contributed by atoms with Gasteiger partial charge in [0.2, 0.25) is 0 Å². The zero-order valence-electron chi connectivity index (χ0n) is 7.94. The van der Waals surface area contributed by atoms with Crippen LogP contribution in [0.3, 0.4) is 0 Å². The van der Waals surface area contributed by atoms with Crippen LogP contribution in [0.15, 0.2) is 12.2 Å². The van der Waals surface area contributed by atoms with Crippen molar-refractivity contribution in [2.45, 2.75) is 33.0 Å². The maximum atomic E-state index is 9.70. The largest absolute Gasteiger partial charge is 0.392 e. The van der Waals surface area contributed by atoms with Crippen molar-refractivity contribution in [1.82, 2.24) is 0 Å². The monoisotopic (exact) mass is 170 g/mol. The smallest absolute Gasteiger partial charge is 0.0650 e. The van der Waals surface area contributed by atoms with Gasteiger partial charge in [-0.05, 0) is 0 Å². The van der Waals surface area contributed by atoms with Crippen LogP contribution in [0.25, 0.3) is 0 Å². The van der Waals surface area contributed by atoms with Crippen LogP contribution in [0, 0.1) is 17.8 Å². The zero-order valence-corrected chi connectivity index (χ0v) is 7.94. The number of aliphatic hydroxyl groups excluding tert-OH is 2. The van der Waals surface area contributed by atoms with E-state index in [-0.39, 0.29) is 17.8 Å². The topological polar surface area (TPSA) is 40.5 Å². The van der Waals surface area contributed by atoms with E-state index in [0.29, 0.717) is 0 Å². The second-order valence-corrected chi connectivity index (χ2v) is 3.94. The second-order valence-electron chi connectivity index (χ2n) is 3.94. The first-order chi connectivity index (χ1) is 5.54. The molecule has 0 unspecified atom stereocenters. The zero-order chi connectivity index (χ0) is 9.30. The average Bonchev–Trinajstić information content (AvgIpc) is 2.14. The molecule has 1 aliphatic carbocycles. The van der Waals surface area contributed by atoms with Gasteiger partial charge in [-0.1, -0.05) is 32.9 Å². The minimum atomic E-state index is -0.416. The first-order valence-corrected chi connectivity index (χ1v) is 4.58. The van der Waals surface area contributed by atoms with E-state index in [4.69, 9.17) is 0 Å². The highest BCUT2D eigenvalue weighted by Gasteiger charge is 2.30. The fraction of sp³-hybridized carbons (Fsp3) is 0.800. The quantitative estimate of drug-likeness (QED) is 0.536. The van der Waals surface area contributed by atoms with Gasteiger partial charge in [0.05, 0.1) is 12.2 Å². The third-order valence-corrected chi connectivity index (χ3v) is 2.87. The molecule has 4 atom stereocenters. The van der Waals surface area contributed by atoms with Gasteiger partial charge in [0.15, 0.2) is 0 Å². The predicted octanol–water partition coefficient (Wildman–Crippen LogP) is 1.19. The first-order valence-electron chi connectivity index (χ1n) is 4.58. The number of hydrogen-bond acceptors (Lipinski definition) is 2. The molecule has 2 heteroatoms. The van der Waals surface area contributed by atoms with Crippen molar-refractivity contribution < 1.29 is 10.2 Å². The third-order valence-electron chi connectivity index (χ3n) is 2.87. The summed E-state index contributed by atoms with van der Waals surface area (Å²) >= 11 is 0. The van der Waals surface area contributed by atoms with Crippen LogP contribution in [0.1, 0.15) is 20.8 Å². The molecule has 0 saturated heterocycles. The molecule has 2 nitrogen and oxygen atoms in total. The van der Waals surface area contributed by atoms with Gasteiger partial charge in [-0.2, -0.15) is 0 Å². The molecule has 1 rings (SSSR count). The summed E-state index contributed by atoms with van der Waals surface area (Å²) in [5.74, 6) is 0.268. The summed E-state index contributed by atoms with van der Waals surface area (Å²) in [6.45, 7) is 5.85. The van der Waals surface area contributed by atoms with Crippen LogP contribution in [0.4, 0.5) is 0 Å². The third kappa shape index (κ3) is 1.70. The summed E-state index contributed by atoms with van der Waals surface area (Å²) < 4.78 is 0. The molecule has 0 aromatic heterocycles. The molecule has 0 bridgehead atoms. The van der Waals surface area contributed by atoms with Gasteiger partial charge in [0, 0.05) is 17.8 Å². The summed E-state index contributed by atoms with van der Waals surface area (Å²) in [5, 5.41) is 19.4. The first kappa shape index (κ1) is 9.75. The minimum Gasteiger partial charge on any atom is -0.392 e. The summed E-state index contributed by atoms with van der Waals surface area (Å²) in [6.07, 6.45) is 3.15. The van der Waals surface area contributed by atoms with E-state index in [1.807, 2.05) is 32.9 Å². The SMILES string of the molecule is CC1[C@@H](O)[C@@H](C)C=C[C@H](C)[C@@H]1O. The molecule has 0 aliphatic heterocycles. The van der Waals surface area contributed by atoms with Gasteiger partial charge in [0.25, 0.3) is 0 Å². The Morgan fingerprint density at radius 2 is 1.17 bits per heavy atom. The lowest BCUT2D eigenvalue weighted by Gasteiger charge is -2.26. The van der Waals surface area contributed by atoms with Crippen molar-refractivity contribution in [1.29, 1.82) is 0 Å². The Morgan fingerprint density at radius 1 is 0.833 bits per heavy atom. The Balaban J connectivity index is 2.79. The van der Waals surface area contributed by atoms with E-state index < -0.39 is 12.2 Å². The van der Waals surface area contributed by atoms with Crippen LogP contribution in [-0.4, -0.2) is 22.4 Å². The lowest BCUT2D eigenvalue weighted by atomic mass is 9.88. The molecule has 0 aromatic rings. The Labute approximate surface area is 73.9 Å². The van der Waals surface area contributed by atoms with E-state index >= 15 is 0 Å². The second kappa shape index (κ2) is 3.58. The number of rotatable bonds is 0. The van der Waals surface area contributed by atoms with Gasteiger partial charge < -0.3 is 10.2 Å². The van der Waals surface area contributed by atoms with Crippen molar-refractivity contribution in [3.63, 3.8) is 0 Å². The summed E-state index contributed by atoms with van der Waals surface area (Å²) in [7, 11) is 0. The van der Waals surface area contributed by atoms with Gasteiger partial charge in [-0.15, -0.1) is 0 Å². The Kier molecular flexibility index (Phi) is 2.91. The molecule has 1 aliphatic rings. The molecule has 0 spiro atoms. The predicted molar refractivity (Wildman–Crippen MR) is 48.6 cm³/mol. The Morgan fingerprint density at radius 3 is 1.50 bits per heavy atom. The van der Waals surface area contributed by atoms with Gasteiger partial charge in [0.1, 0.15) is 0 Å². The fourth-order valence-electron chi connectivity index (χ4n) is 1.74. The molecule has 70 valence electrons. The molecule has 0 saturated carbocycles. The maximum absolute atomic E-state index is 9.70. The molecule has 0 amide bonds. The standard InChI is InChI=1S/C10H18O2/c1-6-4-5-7(2)10(12)8(3)9(6)11/h4-12H,1-3H3/t6-,7-,9-,10-/m0/s1. The van der Waals surface area contributed by atoms with Crippen LogP contribution in [0.5, 0.6) is 0 Å². The molecule has 12 heavy (non-hydrogen) atoms. The Bertz CT molecular complexity index is 159. The normalized spacial score (nSPS) is 44.4. The maximum Gasteiger partial charge on any atom is 0.0650 e. The highest BCUT2D eigenvalue weighted by Crippen LogP contribution is 2.26. The number of hydrogen-bond donors (Lipinski definition) is 2. The lowest BCUT2D eigenvalue weighted by molar-refractivity contribution is -0.00566. The van der Waals surface area contributed by atoms with Crippen LogP contribution >= 0.6 is 0 Å². The van der Waals surface area contributed by atoms with Crippen LogP contribution in [0.2, 0.25) is 0 Å². The average molecular weight is 170 g/mol. The highest BCUT2D eigenvalue weighted by atomic mass is 16.3. The van der Waals surface area contributed by atoms with Crippen molar-refractivity contribution in [2.24, 2.45) is 17.8 Å². The summed E-state index contributed by atoms with van der Waals surface area (Å²) in [6, 6.07) is 0. The minimum absolute atomic E-state index is 0.0370. The van der Waals surface area contributed by atoms with Crippen LogP contribution in [-0.2, 0) is 0 Å². The van der Waals surface area contributed by atoms with Gasteiger partial charge >= 0.3 is 0 Å². The molecular formula is C10H18O2. The summed E-state index contributed by atoms with van der Waals surface area (Å²) in [5.41, 5.74) is 0. The molecule has 0 fully saturated rings. The van der Waals surface area contributed by atoms with E-state index in [1.165, 1.54) is 0 Å². The van der Waals surface area contributed by atoms with E-state index in [1.54, 1.807) is 0 Å². The van der Waals surface area contributed by atoms with E-state index in [0.717, 1.165) is 0 Å².